The number of nitrogens with zero attached hydrogens (tertiary/aromatic N) is 3. The Morgan fingerprint density at radius 3 is 2.62 bits per heavy atom. The van der Waals surface area contributed by atoms with Crippen LogP contribution in [0.5, 0.6) is 11.6 Å². The van der Waals surface area contributed by atoms with Crippen molar-refractivity contribution in [1.29, 1.82) is 0 Å². The van der Waals surface area contributed by atoms with E-state index in [1.807, 2.05) is 31.2 Å². The molecule has 6 rings (SSSR count). The summed E-state index contributed by atoms with van der Waals surface area (Å²) in [5, 5.41) is 11.4. The smallest absolute Gasteiger partial charge is 0.251 e. The molecule has 1 amide bonds. The van der Waals surface area contributed by atoms with Gasteiger partial charge in [0.1, 0.15) is 11.6 Å². The maximum atomic E-state index is 13.9. The third-order valence-electron chi connectivity index (χ3n) is 8.18. The van der Waals surface area contributed by atoms with Gasteiger partial charge in [0.25, 0.3) is 5.91 Å². The minimum atomic E-state index is -0.373. The Balaban J connectivity index is 1.32. The predicted molar refractivity (Wildman–Crippen MR) is 154 cm³/mol. The summed E-state index contributed by atoms with van der Waals surface area (Å²) >= 11 is 0. The van der Waals surface area contributed by atoms with Crippen LogP contribution in [0.3, 0.4) is 0 Å². The lowest BCUT2D eigenvalue weighted by Crippen LogP contribution is -2.26. The van der Waals surface area contributed by atoms with Crippen LogP contribution in [0.4, 0.5) is 10.1 Å². The number of benzene rings is 2. The van der Waals surface area contributed by atoms with Crippen LogP contribution in [0.1, 0.15) is 68.3 Å². The number of amides is 1. The van der Waals surface area contributed by atoms with E-state index >= 15 is 0 Å². The molecule has 0 radical (unpaired) electrons. The lowest BCUT2D eigenvalue weighted by Gasteiger charge is -2.34. The molecule has 0 spiro atoms. The fourth-order valence-electron chi connectivity index (χ4n) is 5.46. The molecule has 4 aromatic rings. The van der Waals surface area contributed by atoms with E-state index in [1.165, 1.54) is 37.8 Å². The number of imidazole rings is 1. The molecule has 0 atom stereocenters. The van der Waals surface area contributed by atoms with Gasteiger partial charge in [0.2, 0.25) is 5.88 Å². The zero-order valence-corrected chi connectivity index (χ0v) is 23.3. The van der Waals surface area contributed by atoms with Crippen molar-refractivity contribution >= 4 is 17.2 Å². The topological polar surface area (TPSA) is 80.6 Å². The van der Waals surface area contributed by atoms with Gasteiger partial charge in [-0.1, -0.05) is 26.0 Å². The third kappa shape index (κ3) is 5.81. The predicted octanol–water partition coefficient (Wildman–Crippen LogP) is 7.16. The fourth-order valence-corrected chi connectivity index (χ4v) is 5.46. The van der Waals surface area contributed by atoms with Crippen LogP contribution < -0.4 is 15.4 Å². The van der Waals surface area contributed by atoms with Crippen molar-refractivity contribution in [3.05, 3.63) is 71.7 Å². The number of nitrogens with one attached hydrogen (secondary N) is 2. The Hall–Kier alpha value is -3.94. The molecule has 2 aromatic carbocycles. The highest BCUT2D eigenvalue weighted by atomic mass is 19.1. The number of hydrogen-bond acceptors (Lipinski definition) is 5. The summed E-state index contributed by atoms with van der Waals surface area (Å²) in [5.41, 5.74) is 5.14. The largest absolute Gasteiger partial charge is 0.437 e. The molecule has 208 valence electrons. The summed E-state index contributed by atoms with van der Waals surface area (Å²) in [6.07, 6.45) is 8.71. The average Bonchev–Trinajstić information content (AvgIpc) is 3.63. The van der Waals surface area contributed by atoms with Crippen molar-refractivity contribution in [1.82, 2.24) is 19.9 Å². The number of halogens is 1. The molecule has 2 saturated carbocycles. The lowest BCUT2D eigenvalue weighted by molar-refractivity contribution is 0.0950. The number of anilines is 1. The molecule has 2 aliphatic carbocycles. The maximum Gasteiger partial charge on any atom is 0.251 e. The molecule has 2 fully saturated rings. The summed E-state index contributed by atoms with van der Waals surface area (Å²) in [4.78, 5) is 17.4. The molecule has 0 saturated heterocycles. The first-order valence-electron chi connectivity index (χ1n) is 14.2. The van der Waals surface area contributed by atoms with Gasteiger partial charge in [0, 0.05) is 35.8 Å². The molecule has 40 heavy (non-hydrogen) atoms. The Morgan fingerprint density at radius 1 is 1.10 bits per heavy atom. The minimum absolute atomic E-state index is 0.0359. The third-order valence-corrected chi connectivity index (χ3v) is 8.18. The van der Waals surface area contributed by atoms with Gasteiger partial charge in [-0.05, 0) is 86.6 Å². The van der Waals surface area contributed by atoms with E-state index in [-0.39, 0.29) is 11.7 Å². The SMILES string of the molecule is Cc1cc(-c2cnc3c(NCC4CCC(C)(C)CC4)cc(Oc4cccc(F)c4)nn23)ccc1C(=O)NC1CC1. The summed E-state index contributed by atoms with van der Waals surface area (Å²) in [6, 6.07) is 13.9. The first kappa shape index (κ1) is 26.3. The minimum Gasteiger partial charge on any atom is -0.437 e. The standard InChI is InChI=1S/C32H36FN5O2/c1-20-15-22(7-10-26(20)31(39)36-24-8-9-24)28-19-35-30-27(34-18-21-11-13-32(2,3)14-12-21)17-29(37-38(28)30)40-25-6-4-5-23(33)16-25/h4-7,10,15-17,19,21,24,34H,8-9,11-14,18H2,1-3H3,(H,36,39). The molecule has 2 heterocycles. The number of rotatable bonds is 8. The number of aromatic nitrogens is 3. The van der Waals surface area contributed by atoms with Crippen molar-refractivity contribution < 1.29 is 13.9 Å². The maximum absolute atomic E-state index is 13.9. The Labute approximate surface area is 234 Å². The van der Waals surface area contributed by atoms with Gasteiger partial charge in [-0.3, -0.25) is 4.79 Å². The number of carbonyl (C=O) groups excluding carboxylic acids is 1. The second-order valence-corrected chi connectivity index (χ2v) is 12.1. The molecule has 0 unspecified atom stereocenters. The summed E-state index contributed by atoms with van der Waals surface area (Å²) in [7, 11) is 0. The molecular formula is C32H36FN5O2. The highest BCUT2D eigenvalue weighted by Gasteiger charge is 2.27. The number of carbonyl (C=O) groups is 1. The van der Waals surface area contributed by atoms with E-state index in [0.717, 1.165) is 41.9 Å². The Bertz CT molecular complexity index is 1550. The number of ether oxygens (including phenoxy) is 1. The number of fused-ring (bicyclic) bond motifs is 1. The first-order chi connectivity index (χ1) is 19.2. The lowest BCUT2D eigenvalue weighted by atomic mass is 9.73. The van der Waals surface area contributed by atoms with Gasteiger partial charge in [-0.2, -0.15) is 0 Å². The van der Waals surface area contributed by atoms with Gasteiger partial charge < -0.3 is 15.4 Å². The van der Waals surface area contributed by atoms with Crippen LogP contribution in [0.2, 0.25) is 0 Å². The van der Waals surface area contributed by atoms with Crippen LogP contribution in [0.25, 0.3) is 16.9 Å². The zero-order valence-electron chi connectivity index (χ0n) is 23.3. The van der Waals surface area contributed by atoms with Gasteiger partial charge in [-0.15, -0.1) is 5.10 Å². The fraction of sp³-hybridized carbons (Fsp3) is 0.406. The molecule has 8 heteroatoms. The average molecular weight is 542 g/mol. The van der Waals surface area contributed by atoms with Crippen LogP contribution in [0.15, 0.2) is 54.7 Å². The van der Waals surface area contributed by atoms with E-state index in [0.29, 0.717) is 40.2 Å². The van der Waals surface area contributed by atoms with Crippen LogP contribution in [-0.4, -0.2) is 33.1 Å². The summed E-state index contributed by atoms with van der Waals surface area (Å²) in [5.74, 6) is 0.880. The molecule has 7 nitrogen and oxygen atoms in total. The summed E-state index contributed by atoms with van der Waals surface area (Å²) in [6.45, 7) is 7.47. The van der Waals surface area contributed by atoms with Crippen molar-refractivity contribution in [2.75, 3.05) is 11.9 Å². The van der Waals surface area contributed by atoms with Crippen molar-refractivity contribution in [2.45, 2.75) is 65.3 Å². The molecular weight excluding hydrogens is 505 g/mol. The van der Waals surface area contributed by atoms with Crippen LogP contribution in [0, 0.1) is 24.1 Å². The summed E-state index contributed by atoms with van der Waals surface area (Å²) < 4.78 is 21.6. The molecule has 2 aromatic heterocycles. The number of hydrogen-bond donors (Lipinski definition) is 2. The van der Waals surface area contributed by atoms with E-state index in [2.05, 4.69) is 24.5 Å². The van der Waals surface area contributed by atoms with Gasteiger partial charge in [-0.25, -0.2) is 13.9 Å². The molecule has 0 aliphatic heterocycles. The van der Waals surface area contributed by atoms with E-state index in [9.17, 15) is 9.18 Å². The monoisotopic (exact) mass is 541 g/mol. The van der Waals surface area contributed by atoms with Crippen molar-refractivity contribution in [3.63, 3.8) is 0 Å². The molecule has 2 aliphatic rings. The van der Waals surface area contributed by atoms with E-state index < -0.39 is 0 Å². The van der Waals surface area contributed by atoms with Crippen LogP contribution in [-0.2, 0) is 0 Å². The molecule has 2 N–H and O–H groups in total. The van der Waals surface area contributed by atoms with E-state index in [4.69, 9.17) is 14.8 Å². The Morgan fingerprint density at radius 2 is 1.90 bits per heavy atom. The Kier molecular flexibility index (Phi) is 6.94. The van der Waals surface area contributed by atoms with Crippen molar-refractivity contribution in [2.24, 2.45) is 11.3 Å². The second-order valence-electron chi connectivity index (χ2n) is 12.1. The highest BCUT2D eigenvalue weighted by molar-refractivity contribution is 5.96. The van der Waals surface area contributed by atoms with Crippen LogP contribution >= 0.6 is 0 Å². The number of aryl methyl sites for hydroxylation is 1. The van der Waals surface area contributed by atoms with Gasteiger partial charge in [0.05, 0.1) is 17.6 Å². The highest BCUT2D eigenvalue weighted by Crippen LogP contribution is 2.38. The first-order valence-corrected chi connectivity index (χ1v) is 14.2. The van der Waals surface area contributed by atoms with Crippen molar-refractivity contribution in [3.8, 4) is 22.9 Å². The van der Waals surface area contributed by atoms with Gasteiger partial charge >= 0.3 is 0 Å². The second kappa shape index (κ2) is 10.6. The zero-order chi connectivity index (χ0) is 27.9. The van der Waals surface area contributed by atoms with Gasteiger partial charge in [0.15, 0.2) is 5.65 Å². The molecule has 0 bridgehead atoms. The van der Waals surface area contributed by atoms with E-state index in [1.54, 1.807) is 22.8 Å². The normalized spacial score (nSPS) is 17.1. The quantitative estimate of drug-likeness (QED) is 0.247.